The molecule has 0 saturated heterocycles. The van der Waals surface area contributed by atoms with Crippen LogP contribution in [0.5, 0.6) is 0 Å². The van der Waals surface area contributed by atoms with E-state index in [1.807, 2.05) is 0 Å². The molecule has 0 atom stereocenters. The van der Waals surface area contributed by atoms with Crippen molar-refractivity contribution in [1.29, 1.82) is 0 Å². The lowest BCUT2D eigenvalue weighted by molar-refractivity contribution is -0.127. The van der Waals surface area contributed by atoms with Crippen molar-refractivity contribution < 1.29 is 13.3 Å². The average molecular weight is 180 g/mol. The molecule has 0 aliphatic carbocycles. The highest BCUT2D eigenvalue weighted by molar-refractivity contribution is 7.72. The van der Waals surface area contributed by atoms with Crippen molar-refractivity contribution >= 4 is 10.7 Å². The van der Waals surface area contributed by atoms with E-state index < -0.39 is 10.7 Å². The highest BCUT2D eigenvalue weighted by atomic mass is 32.2. The largest absolute Gasteiger partial charge is 0.299 e. The second-order valence-electron chi connectivity index (χ2n) is 2.09. The molecular formula is C6H14NO3S. The van der Waals surface area contributed by atoms with Crippen molar-refractivity contribution in [2.24, 2.45) is 0 Å². The summed E-state index contributed by atoms with van der Waals surface area (Å²) in [5.74, 6) is 0.222. The summed E-state index contributed by atoms with van der Waals surface area (Å²) in [4.78, 5) is 4.95. The molecule has 0 N–H and O–H groups in total. The van der Waals surface area contributed by atoms with E-state index in [1.165, 1.54) is 0 Å². The molecule has 0 unspecified atom stereocenters. The first kappa shape index (κ1) is 10.9. The van der Waals surface area contributed by atoms with Gasteiger partial charge in [0.25, 0.3) is 0 Å². The van der Waals surface area contributed by atoms with Crippen molar-refractivity contribution in [2.45, 2.75) is 6.42 Å². The van der Waals surface area contributed by atoms with E-state index in [-0.39, 0.29) is 5.75 Å². The fraction of sp³-hybridized carbons (Fsp3) is 0.833. The predicted octanol–water partition coefficient (Wildman–Crippen LogP) is -0.315. The summed E-state index contributed by atoms with van der Waals surface area (Å²) in [6, 6.07) is 0. The van der Waals surface area contributed by atoms with Crippen LogP contribution in [0.1, 0.15) is 6.42 Å². The zero-order valence-electron chi connectivity index (χ0n) is 6.65. The van der Waals surface area contributed by atoms with E-state index in [1.54, 1.807) is 12.1 Å². The number of rotatable bonds is 6. The molecular weight excluding hydrogens is 166 g/mol. The molecule has 0 aromatic heterocycles. The maximum Gasteiger partial charge on any atom is 0.140 e. The Balaban J connectivity index is 3.23. The lowest BCUT2D eigenvalue weighted by atomic mass is 10.5. The molecule has 0 aliphatic heterocycles. The van der Waals surface area contributed by atoms with E-state index in [2.05, 4.69) is 6.92 Å². The van der Waals surface area contributed by atoms with Crippen LogP contribution in [0.3, 0.4) is 0 Å². The van der Waals surface area contributed by atoms with Gasteiger partial charge in [-0.1, -0.05) is 0 Å². The summed E-state index contributed by atoms with van der Waals surface area (Å²) in [6.45, 7) is 4.48. The maximum atomic E-state index is 10.1. The van der Waals surface area contributed by atoms with Gasteiger partial charge in [-0.05, 0) is 13.3 Å². The van der Waals surface area contributed by atoms with Crippen molar-refractivity contribution in [3.05, 3.63) is 6.92 Å². The topological polar surface area (TPSA) is 46.6 Å². The van der Waals surface area contributed by atoms with Gasteiger partial charge in [-0.3, -0.25) is 4.84 Å². The third-order valence-corrected chi connectivity index (χ3v) is 1.81. The summed E-state index contributed by atoms with van der Waals surface area (Å²) >= 11 is 0. The number of nitrogens with zero attached hydrogens (tertiary/aromatic N) is 1. The van der Waals surface area contributed by atoms with Gasteiger partial charge < -0.3 is 0 Å². The second kappa shape index (κ2) is 6.57. The fourth-order valence-corrected chi connectivity index (χ4v) is 1.04. The number of hydroxylamine groups is 2. The second-order valence-corrected chi connectivity index (χ2v) is 3.21. The van der Waals surface area contributed by atoms with Gasteiger partial charge in [0, 0.05) is 19.3 Å². The lowest BCUT2D eigenvalue weighted by Gasteiger charge is -2.13. The quantitative estimate of drug-likeness (QED) is 0.450. The van der Waals surface area contributed by atoms with E-state index in [0.717, 1.165) is 0 Å². The molecule has 67 valence electrons. The van der Waals surface area contributed by atoms with E-state index in [0.29, 0.717) is 19.6 Å². The van der Waals surface area contributed by atoms with Crippen LogP contribution in [0.4, 0.5) is 0 Å². The Morgan fingerprint density at radius 3 is 2.64 bits per heavy atom. The smallest absolute Gasteiger partial charge is 0.140 e. The van der Waals surface area contributed by atoms with Gasteiger partial charge in [0.1, 0.15) is 10.7 Å². The number of hydrogen-bond donors (Lipinski definition) is 1. The maximum absolute atomic E-state index is 10.1. The van der Waals surface area contributed by atoms with E-state index in [4.69, 9.17) is 4.84 Å². The number of thiol groups is 1. The first-order valence-electron chi connectivity index (χ1n) is 3.42. The van der Waals surface area contributed by atoms with Gasteiger partial charge in [0.15, 0.2) is 0 Å². The van der Waals surface area contributed by atoms with Crippen LogP contribution < -0.4 is 0 Å². The first-order chi connectivity index (χ1) is 5.16. The molecule has 0 aromatic carbocycles. The minimum atomic E-state index is -2.24. The normalized spacial score (nSPS) is 11.3. The Morgan fingerprint density at radius 2 is 2.18 bits per heavy atom. The van der Waals surface area contributed by atoms with Crippen LogP contribution in [-0.4, -0.2) is 39.4 Å². The van der Waals surface area contributed by atoms with Crippen LogP contribution in [0.15, 0.2) is 0 Å². The molecule has 0 aliphatic rings. The Labute approximate surface area is 69.0 Å². The monoisotopic (exact) mass is 180 g/mol. The van der Waals surface area contributed by atoms with E-state index >= 15 is 0 Å². The minimum absolute atomic E-state index is 0.222. The average Bonchev–Trinajstić information content (AvgIpc) is 1.87. The Hall–Kier alpha value is -0.130. The van der Waals surface area contributed by atoms with E-state index in [9.17, 15) is 8.42 Å². The molecule has 11 heavy (non-hydrogen) atoms. The summed E-state index contributed by atoms with van der Waals surface area (Å²) in [5.41, 5.74) is 0. The molecule has 0 heterocycles. The molecule has 1 radical (unpaired) electrons. The third kappa shape index (κ3) is 7.77. The van der Waals surface area contributed by atoms with Gasteiger partial charge in [-0.2, -0.15) is 5.06 Å². The molecule has 0 bridgehead atoms. The van der Waals surface area contributed by atoms with Crippen LogP contribution >= 0.6 is 0 Å². The zero-order chi connectivity index (χ0) is 8.69. The van der Waals surface area contributed by atoms with Crippen LogP contribution in [0.25, 0.3) is 0 Å². The standard InChI is InChI=1S/C6H14NO3S/c1-3-10-7(2)5-4-6-11(8)9/h11H,1,3-6H2,2H3. The van der Waals surface area contributed by atoms with Gasteiger partial charge >= 0.3 is 0 Å². The summed E-state index contributed by atoms with van der Waals surface area (Å²) < 4.78 is 20.2. The van der Waals surface area contributed by atoms with Crippen molar-refractivity contribution in [3.63, 3.8) is 0 Å². The van der Waals surface area contributed by atoms with Crippen molar-refractivity contribution in [1.82, 2.24) is 5.06 Å². The zero-order valence-corrected chi connectivity index (χ0v) is 7.55. The molecule has 0 fully saturated rings. The fourth-order valence-electron chi connectivity index (χ4n) is 0.643. The van der Waals surface area contributed by atoms with Crippen molar-refractivity contribution in [3.8, 4) is 0 Å². The summed E-state index contributed by atoms with van der Waals surface area (Å²) in [7, 11) is -0.485. The Morgan fingerprint density at radius 1 is 1.55 bits per heavy atom. The SMILES string of the molecule is [CH2]CON(C)CCC[SH](=O)=O. The summed E-state index contributed by atoms with van der Waals surface area (Å²) in [5, 5.41) is 1.59. The van der Waals surface area contributed by atoms with Crippen molar-refractivity contribution in [2.75, 3.05) is 26.0 Å². The molecule has 0 spiro atoms. The molecule has 0 amide bonds. The van der Waals surface area contributed by atoms with Gasteiger partial charge in [0.05, 0.1) is 6.61 Å². The molecule has 0 rings (SSSR count). The number of hydrogen-bond acceptors (Lipinski definition) is 4. The summed E-state index contributed by atoms with van der Waals surface area (Å²) in [6.07, 6.45) is 0.606. The first-order valence-corrected chi connectivity index (χ1v) is 4.78. The van der Waals surface area contributed by atoms with Gasteiger partial charge in [-0.15, -0.1) is 0 Å². The molecule has 0 saturated carbocycles. The van der Waals surface area contributed by atoms with Gasteiger partial charge in [0.2, 0.25) is 0 Å². The minimum Gasteiger partial charge on any atom is -0.299 e. The van der Waals surface area contributed by atoms with Crippen LogP contribution in [0.2, 0.25) is 0 Å². The molecule has 5 heteroatoms. The lowest BCUT2D eigenvalue weighted by Crippen LogP contribution is -2.20. The highest BCUT2D eigenvalue weighted by Gasteiger charge is 1.96. The Bertz CT molecular complexity index is 150. The third-order valence-electron chi connectivity index (χ3n) is 1.13. The van der Waals surface area contributed by atoms with Gasteiger partial charge in [-0.25, -0.2) is 8.42 Å². The van der Waals surface area contributed by atoms with Crippen LogP contribution in [0, 0.1) is 6.92 Å². The highest BCUT2D eigenvalue weighted by Crippen LogP contribution is 1.88. The molecule has 0 aromatic rings. The molecule has 4 nitrogen and oxygen atoms in total. The van der Waals surface area contributed by atoms with Crippen LogP contribution in [-0.2, 0) is 15.5 Å². The Kier molecular flexibility index (Phi) is 6.49. The predicted molar refractivity (Wildman–Crippen MR) is 43.7 cm³/mol.